The molecule has 0 unspecified atom stereocenters. The molecule has 0 saturated heterocycles. The highest BCUT2D eigenvalue weighted by molar-refractivity contribution is 7.19. The van der Waals surface area contributed by atoms with Gasteiger partial charge in [-0.05, 0) is 105 Å². The summed E-state index contributed by atoms with van der Waals surface area (Å²) in [6.45, 7) is 0. The van der Waals surface area contributed by atoms with Gasteiger partial charge in [0.1, 0.15) is 16.9 Å². The predicted octanol–water partition coefficient (Wildman–Crippen LogP) is 17.7. The second-order valence-corrected chi connectivity index (χ2v) is 18.6. The van der Waals surface area contributed by atoms with E-state index >= 15 is 0 Å². The molecule has 0 fully saturated rings. The molecule has 67 heavy (non-hydrogen) atoms. The van der Waals surface area contributed by atoms with Crippen molar-refractivity contribution in [2.45, 2.75) is 5.41 Å². The van der Waals surface area contributed by atoms with Crippen LogP contribution in [0.1, 0.15) is 21.6 Å². The molecule has 14 rings (SSSR count). The Kier molecular flexibility index (Phi) is 8.37. The van der Waals surface area contributed by atoms with Crippen molar-refractivity contribution in [1.29, 1.82) is 0 Å². The summed E-state index contributed by atoms with van der Waals surface area (Å²) < 4.78 is 14.7. The minimum Gasteiger partial charge on any atom is -0.455 e. The van der Waals surface area contributed by atoms with Crippen LogP contribution in [0.15, 0.2) is 241 Å². The Morgan fingerprint density at radius 1 is 0.373 bits per heavy atom. The molecule has 0 amide bonds. The van der Waals surface area contributed by atoms with Gasteiger partial charge in [0.2, 0.25) is 0 Å². The van der Waals surface area contributed by atoms with E-state index in [0.29, 0.717) is 0 Å². The van der Waals surface area contributed by atoms with Crippen LogP contribution in [0.2, 0.25) is 0 Å². The van der Waals surface area contributed by atoms with Gasteiger partial charge in [-0.2, -0.15) is 0 Å². The molecule has 3 heterocycles. The van der Waals surface area contributed by atoms with Gasteiger partial charge in [0.25, 0.3) is 0 Å². The van der Waals surface area contributed by atoms with Gasteiger partial charge in [0, 0.05) is 49.0 Å². The molecule has 314 valence electrons. The van der Waals surface area contributed by atoms with Crippen LogP contribution in [0, 0.1) is 0 Å². The maximum atomic E-state index is 7.01. The van der Waals surface area contributed by atoms with Crippen molar-refractivity contribution in [3.05, 3.63) is 258 Å². The van der Waals surface area contributed by atoms with E-state index in [1.165, 1.54) is 48.5 Å². The zero-order valence-electron chi connectivity index (χ0n) is 36.2. The molecule has 12 aromatic rings. The average molecular weight is 874 g/mol. The van der Waals surface area contributed by atoms with E-state index in [1.54, 1.807) is 0 Å². The van der Waals surface area contributed by atoms with Gasteiger partial charge in [-0.3, -0.25) is 0 Å². The fraction of sp³-hybridized carbons (Fsp3) is 0.0159. The van der Waals surface area contributed by atoms with Gasteiger partial charge >= 0.3 is 0 Å². The summed E-state index contributed by atoms with van der Waals surface area (Å²) >= 11 is 1.85. The van der Waals surface area contributed by atoms with Crippen molar-refractivity contribution < 1.29 is 9.15 Å². The topological polar surface area (TPSA) is 25.6 Å². The van der Waals surface area contributed by atoms with Crippen LogP contribution in [0.5, 0.6) is 11.5 Å². The molecule has 0 atom stereocenters. The Hall–Kier alpha value is -8.44. The highest BCUT2D eigenvalue weighted by Crippen LogP contribution is 2.65. The van der Waals surface area contributed by atoms with E-state index in [1.807, 2.05) is 23.5 Å². The first-order valence-corrected chi connectivity index (χ1v) is 23.6. The molecule has 0 N–H and O–H groups in total. The summed E-state index contributed by atoms with van der Waals surface area (Å²) in [5, 5.41) is 3.36. The molecule has 3 nitrogen and oxygen atoms in total. The van der Waals surface area contributed by atoms with Crippen LogP contribution >= 0.6 is 11.3 Å². The molecule has 2 aromatic heterocycles. The lowest BCUT2D eigenvalue weighted by Crippen LogP contribution is -2.30. The van der Waals surface area contributed by atoms with E-state index in [4.69, 9.17) is 9.15 Å². The first-order valence-electron chi connectivity index (χ1n) is 22.8. The summed E-state index contributed by atoms with van der Waals surface area (Å²) in [5.74, 6) is 1.84. The molecule has 10 aromatic carbocycles. The number of furan rings is 1. The SMILES string of the molecule is c1ccc(-c2ccc(-c3cccc(N(c4ccc(-c5cccc6c5oc5ccccc56)cc4)c4ccc5c6c(sc5c4)C4(c5ccccc5O6)c5ccccc5-c5ccccc54)c3)cc2)cc1. The third-order valence-electron chi connectivity index (χ3n) is 14.0. The quantitative estimate of drug-likeness (QED) is 0.166. The zero-order valence-corrected chi connectivity index (χ0v) is 37.0. The molecular weight excluding hydrogens is 835 g/mol. The van der Waals surface area contributed by atoms with Gasteiger partial charge < -0.3 is 14.1 Å². The summed E-state index contributed by atoms with van der Waals surface area (Å²) in [5.41, 5.74) is 17.7. The molecule has 2 aliphatic rings. The van der Waals surface area contributed by atoms with E-state index in [9.17, 15) is 0 Å². The number of para-hydroxylation sites is 3. The Balaban J connectivity index is 0.931. The van der Waals surface area contributed by atoms with Crippen LogP contribution in [0.25, 0.3) is 76.5 Å². The second-order valence-electron chi connectivity index (χ2n) is 17.5. The Morgan fingerprint density at radius 3 is 1.73 bits per heavy atom. The average Bonchev–Trinajstić information content (AvgIpc) is 4.06. The first kappa shape index (κ1) is 37.9. The number of anilines is 3. The molecule has 1 spiro atoms. The molecule has 0 bridgehead atoms. The second kappa shape index (κ2) is 14.8. The van der Waals surface area contributed by atoms with Crippen LogP contribution in [0.3, 0.4) is 0 Å². The standard InChI is InChI=1S/C63H39NO2S/c1-2-14-40(15-3-1)41-28-30-42(31-29-41)44-16-12-17-46(38-44)64(45-34-32-43(33-35-45)48-21-13-22-52-51-20-6-10-26-57(51)65-60(48)52)47-36-37-53-59(39-47)67-62-61(53)66-58-27-11-9-25-56(58)63(62)54-23-7-4-18-49(54)50-19-5-8-24-55(50)63/h1-39H. The number of thiophene rings is 1. The minimum atomic E-state index is -0.510. The van der Waals surface area contributed by atoms with Crippen molar-refractivity contribution in [2.24, 2.45) is 0 Å². The van der Waals surface area contributed by atoms with Crippen LogP contribution in [-0.4, -0.2) is 0 Å². The van der Waals surface area contributed by atoms with E-state index in [-0.39, 0.29) is 0 Å². The van der Waals surface area contributed by atoms with Gasteiger partial charge in [0.15, 0.2) is 5.75 Å². The molecule has 0 saturated carbocycles. The number of fused-ring (bicyclic) bond motifs is 14. The minimum absolute atomic E-state index is 0.510. The van der Waals surface area contributed by atoms with Crippen LogP contribution in [0.4, 0.5) is 17.1 Å². The lowest BCUT2D eigenvalue weighted by molar-refractivity contribution is 0.447. The number of hydrogen-bond donors (Lipinski definition) is 0. The Labute approximate surface area is 392 Å². The van der Waals surface area contributed by atoms with Crippen molar-refractivity contribution in [3.63, 3.8) is 0 Å². The van der Waals surface area contributed by atoms with Gasteiger partial charge in [-0.1, -0.05) is 182 Å². The highest BCUT2D eigenvalue weighted by Gasteiger charge is 2.52. The maximum absolute atomic E-state index is 7.01. The molecule has 1 aliphatic heterocycles. The van der Waals surface area contributed by atoms with Gasteiger partial charge in [-0.25, -0.2) is 0 Å². The number of nitrogens with zero attached hydrogens (tertiary/aromatic N) is 1. The summed E-state index contributed by atoms with van der Waals surface area (Å²) in [7, 11) is 0. The van der Waals surface area contributed by atoms with Gasteiger partial charge in [0.05, 0.1) is 10.3 Å². The predicted molar refractivity (Wildman–Crippen MR) is 277 cm³/mol. The summed E-state index contributed by atoms with van der Waals surface area (Å²) in [6, 6.07) is 85.4. The lowest BCUT2D eigenvalue weighted by Gasteiger charge is -2.37. The van der Waals surface area contributed by atoms with E-state index in [0.717, 1.165) is 78.1 Å². The fourth-order valence-electron chi connectivity index (χ4n) is 10.9. The van der Waals surface area contributed by atoms with Crippen molar-refractivity contribution in [3.8, 4) is 56.0 Å². The molecular formula is C63H39NO2S. The smallest absolute Gasteiger partial charge is 0.150 e. The monoisotopic (exact) mass is 873 g/mol. The molecule has 1 aliphatic carbocycles. The van der Waals surface area contributed by atoms with Crippen molar-refractivity contribution in [1.82, 2.24) is 0 Å². The third kappa shape index (κ3) is 5.70. The Bertz CT molecular complexity index is 3850. The highest BCUT2D eigenvalue weighted by atomic mass is 32.1. The zero-order chi connectivity index (χ0) is 44.1. The van der Waals surface area contributed by atoms with Crippen molar-refractivity contribution >= 4 is 60.4 Å². The summed E-state index contributed by atoms with van der Waals surface area (Å²) in [6.07, 6.45) is 0. The number of ether oxygens (including phenoxy) is 1. The lowest BCUT2D eigenvalue weighted by atomic mass is 9.69. The van der Waals surface area contributed by atoms with E-state index in [2.05, 4.69) is 229 Å². The van der Waals surface area contributed by atoms with Gasteiger partial charge in [-0.15, -0.1) is 11.3 Å². The normalized spacial score (nSPS) is 13.0. The Morgan fingerprint density at radius 2 is 0.940 bits per heavy atom. The fourth-order valence-corrected chi connectivity index (χ4v) is 12.3. The van der Waals surface area contributed by atoms with Crippen LogP contribution < -0.4 is 9.64 Å². The molecule has 0 radical (unpaired) electrons. The number of benzene rings is 10. The van der Waals surface area contributed by atoms with E-state index < -0.39 is 5.41 Å². The maximum Gasteiger partial charge on any atom is 0.150 e. The molecule has 4 heteroatoms. The third-order valence-corrected chi connectivity index (χ3v) is 15.2. The first-order chi connectivity index (χ1) is 33.2. The number of hydrogen-bond acceptors (Lipinski definition) is 4. The largest absolute Gasteiger partial charge is 0.455 e. The van der Waals surface area contributed by atoms with Crippen molar-refractivity contribution in [2.75, 3.05) is 4.90 Å². The number of rotatable bonds is 6. The van der Waals surface area contributed by atoms with Crippen LogP contribution in [-0.2, 0) is 5.41 Å². The summed E-state index contributed by atoms with van der Waals surface area (Å²) in [4.78, 5) is 3.60.